The number of rotatable bonds is 4. The molecule has 4 aliphatic rings. The number of hydrogen-bond acceptors (Lipinski definition) is 3. The molecule has 160 valence electrons. The number of nitrogens with zero attached hydrogens (tertiary/aromatic N) is 1. The molecule has 4 rings (SSSR count). The Kier molecular flexibility index (Phi) is 5.64. The first kappa shape index (κ1) is 21.4. The van der Waals surface area contributed by atoms with E-state index >= 15 is 0 Å². The van der Waals surface area contributed by atoms with Gasteiger partial charge in [-0.2, -0.15) is 4.91 Å². The highest BCUT2D eigenvalue weighted by Crippen LogP contribution is 2.72. The van der Waals surface area contributed by atoms with E-state index in [4.69, 9.17) is 4.74 Å². The van der Waals surface area contributed by atoms with E-state index in [0.717, 1.165) is 42.4 Å². The first-order valence-corrected chi connectivity index (χ1v) is 14.1. The molecular formula is C24H40INO2. The van der Waals surface area contributed by atoms with Crippen molar-refractivity contribution in [1.29, 1.82) is 0 Å². The molecule has 3 nitrogen and oxygen atoms in total. The number of hydrogen-bond donors (Lipinski definition) is 0. The van der Waals surface area contributed by atoms with E-state index in [1.54, 1.807) is 0 Å². The lowest BCUT2D eigenvalue weighted by atomic mass is 9.44. The average molecular weight is 501 g/mol. The summed E-state index contributed by atoms with van der Waals surface area (Å²) in [6, 6.07) is 0.0844. The molecule has 4 unspecified atom stereocenters. The van der Waals surface area contributed by atoms with E-state index in [0.29, 0.717) is 20.4 Å². The monoisotopic (exact) mass is 501 g/mol. The van der Waals surface area contributed by atoms with E-state index in [1.807, 2.05) is 7.11 Å². The molecule has 0 spiro atoms. The summed E-state index contributed by atoms with van der Waals surface area (Å²) < 4.78 is 10.9. The number of fused-ring (bicyclic) bond motifs is 5. The Morgan fingerprint density at radius 3 is 2.50 bits per heavy atom. The van der Waals surface area contributed by atoms with Crippen molar-refractivity contribution in [3.8, 4) is 0 Å². The molecule has 0 aromatic heterocycles. The quantitative estimate of drug-likeness (QED) is 0.248. The summed E-state index contributed by atoms with van der Waals surface area (Å²) in [5.41, 5.74) is 0.828. The second-order valence-corrected chi connectivity index (χ2v) is 13.6. The molecule has 4 aliphatic carbocycles. The van der Waals surface area contributed by atoms with Crippen LogP contribution >= 0.6 is 20.7 Å². The highest BCUT2D eigenvalue weighted by molar-refractivity contribution is 14.2. The molecule has 0 bridgehead atoms. The van der Waals surface area contributed by atoms with E-state index in [-0.39, 0.29) is 26.8 Å². The molecule has 0 amide bonds. The summed E-state index contributed by atoms with van der Waals surface area (Å²) in [6.07, 6.45) is 10.4. The predicted molar refractivity (Wildman–Crippen MR) is 126 cm³/mol. The van der Waals surface area contributed by atoms with Crippen LogP contribution in [-0.4, -0.2) is 27.2 Å². The van der Waals surface area contributed by atoms with Gasteiger partial charge < -0.3 is 4.74 Å². The highest BCUT2D eigenvalue weighted by atomic mass is 127. The Hall–Kier alpha value is 0.160. The van der Waals surface area contributed by atoms with Crippen LogP contribution in [0.1, 0.15) is 79.1 Å². The number of alkyl halides is 1. The third-order valence-electron chi connectivity index (χ3n) is 10.5. The zero-order chi connectivity index (χ0) is 20.3. The van der Waals surface area contributed by atoms with Gasteiger partial charge >= 0.3 is 0 Å². The summed E-state index contributed by atoms with van der Waals surface area (Å²) in [6.45, 7) is 10.0. The topological polar surface area (TPSA) is 38.7 Å². The maximum absolute atomic E-state index is 11.2. The molecule has 4 fully saturated rings. The van der Waals surface area contributed by atoms with Crippen LogP contribution in [0.4, 0.5) is 0 Å². The highest BCUT2D eigenvalue weighted by Gasteiger charge is 2.68. The molecule has 28 heavy (non-hydrogen) atoms. The Morgan fingerprint density at radius 2 is 1.86 bits per heavy atom. The molecule has 0 radical (unpaired) electrons. The third kappa shape index (κ3) is 2.64. The maximum atomic E-state index is 11.2. The number of halogens is 1. The largest absolute Gasteiger partial charge is 0.380 e. The van der Waals surface area contributed by atoms with Gasteiger partial charge in [0.15, 0.2) is 0 Å². The van der Waals surface area contributed by atoms with E-state index in [1.165, 1.54) is 38.5 Å². The lowest BCUT2D eigenvalue weighted by Gasteiger charge is -2.62. The van der Waals surface area contributed by atoms with Crippen LogP contribution in [0.15, 0.2) is 5.18 Å². The minimum atomic E-state index is -0.151. The second-order valence-electron chi connectivity index (χ2n) is 11.1. The van der Waals surface area contributed by atoms with Crippen LogP contribution in [0, 0.1) is 45.3 Å². The summed E-state index contributed by atoms with van der Waals surface area (Å²) in [7, 11) is 1.91. The summed E-state index contributed by atoms with van der Waals surface area (Å²) in [5, 5.41) is 3.44. The molecule has 0 N–H and O–H groups in total. The van der Waals surface area contributed by atoms with Crippen molar-refractivity contribution >= 4 is 25.2 Å². The molecule has 4 saturated carbocycles. The predicted octanol–water partition coefficient (Wildman–Crippen LogP) is 6.59. The van der Waals surface area contributed by atoms with Crippen LogP contribution in [0.25, 0.3) is 0 Å². The molecule has 0 heterocycles. The summed E-state index contributed by atoms with van der Waals surface area (Å²) >= 11 is -0.151. The first-order valence-electron chi connectivity index (χ1n) is 11.5. The number of methoxy groups -OCH3 is 1. The van der Waals surface area contributed by atoms with Crippen LogP contribution < -0.4 is 0 Å². The summed E-state index contributed by atoms with van der Waals surface area (Å²) in [4.78, 5) is 11.2. The molecule has 0 aromatic rings. The normalized spacial score (nSPS) is 54.3. The van der Waals surface area contributed by atoms with Gasteiger partial charge in [-0.1, -0.05) is 30.5 Å². The molecule has 10 atom stereocenters. The van der Waals surface area contributed by atoms with Crippen molar-refractivity contribution in [2.45, 2.75) is 94.6 Å². The third-order valence-corrected chi connectivity index (χ3v) is 15.0. The van der Waals surface area contributed by atoms with E-state index < -0.39 is 0 Å². The fourth-order valence-electron chi connectivity index (χ4n) is 9.11. The van der Waals surface area contributed by atoms with Gasteiger partial charge in [-0.05, 0) is 98.7 Å². The number of nitroso groups, excluding NO2 is 1. The molecular weight excluding hydrogens is 461 g/mol. The van der Waals surface area contributed by atoms with Gasteiger partial charge in [-0.3, -0.25) is 0 Å². The zero-order valence-corrected chi connectivity index (χ0v) is 20.7. The summed E-state index contributed by atoms with van der Waals surface area (Å²) in [5.74, 6) is 3.99. The molecule has 0 aromatic carbocycles. The van der Waals surface area contributed by atoms with Crippen molar-refractivity contribution in [3.63, 3.8) is 0 Å². The minimum absolute atomic E-state index is 0.0844. The lowest BCUT2D eigenvalue weighted by molar-refractivity contribution is -0.115. The van der Waals surface area contributed by atoms with Gasteiger partial charge in [-0.25, -0.2) is 0 Å². The molecule has 4 heteroatoms. The zero-order valence-electron chi connectivity index (χ0n) is 18.5. The van der Waals surface area contributed by atoms with Crippen molar-refractivity contribution in [1.82, 2.24) is 0 Å². The van der Waals surface area contributed by atoms with Gasteiger partial charge in [0.1, 0.15) is 0 Å². The van der Waals surface area contributed by atoms with Crippen molar-refractivity contribution in [3.05, 3.63) is 4.91 Å². The van der Waals surface area contributed by atoms with Crippen molar-refractivity contribution in [2.24, 2.45) is 45.6 Å². The fourth-order valence-corrected chi connectivity index (χ4v) is 12.5. The van der Waals surface area contributed by atoms with Crippen LogP contribution in [-0.2, 0) is 4.74 Å². The van der Waals surface area contributed by atoms with Crippen LogP contribution in [0.2, 0.25) is 0 Å². The van der Waals surface area contributed by atoms with Gasteiger partial charge in [0.05, 0.1) is 15.6 Å². The Morgan fingerprint density at radius 1 is 1.11 bits per heavy atom. The maximum Gasteiger partial charge on any atom is 0.0922 e. The van der Waals surface area contributed by atoms with Crippen LogP contribution in [0.5, 0.6) is 0 Å². The number of ether oxygens (including phenoxy) is 1. The standard InChI is InChI=1S/C24H40INO2/c1-15-13-21-19-8-7-17-14-18(26-27)9-11-22(17,3)20(19)10-12-23(21,4)24(15,25-5)16(2)28-6/h15-21H,5,7-14H2,1-4,6H3/t15-,16-,17?,18-,19?,20?,21?,22-,23-,24-/m0/s1. The Balaban J connectivity index is 1.67. The smallest absolute Gasteiger partial charge is 0.0922 e. The molecule has 0 saturated heterocycles. The SMILES string of the molecule is C=I[C@]1([C@H](C)OC)[C@@H](C)CC2C3CCC4C[C@@H](N=O)CC[C@]4(C)C3CC[C@@]21C. The van der Waals surface area contributed by atoms with E-state index in [9.17, 15) is 4.91 Å². The Labute approximate surface area is 181 Å². The average Bonchev–Trinajstić information content (AvgIpc) is 2.93. The van der Waals surface area contributed by atoms with Crippen molar-refractivity contribution < 1.29 is 4.74 Å². The Bertz CT molecular complexity index is 640. The van der Waals surface area contributed by atoms with E-state index in [2.05, 4.69) is 37.4 Å². The first-order chi connectivity index (χ1) is 13.3. The van der Waals surface area contributed by atoms with Gasteiger partial charge in [0, 0.05) is 7.11 Å². The van der Waals surface area contributed by atoms with Gasteiger partial charge in [0.2, 0.25) is 0 Å². The van der Waals surface area contributed by atoms with Gasteiger partial charge in [-0.15, -0.1) is 20.7 Å². The van der Waals surface area contributed by atoms with Crippen LogP contribution in [0.3, 0.4) is 0 Å². The van der Waals surface area contributed by atoms with Gasteiger partial charge in [0.25, 0.3) is 0 Å². The minimum Gasteiger partial charge on any atom is -0.380 e. The molecule has 0 aliphatic heterocycles. The second kappa shape index (κ2) is 7.39. The van der Waals surface area contributed by atoms with Crippen molar-refractivity contribution in [2.75, 3.05) is 7.11 Å². The fraction of sp³-hybridized carbons (Fsp3) is 0.958. The lowest BCUT2D eigenvalue weighted by Crippen LogP contribution is -2.58.